The number of halogens is 2. The zero-order valence-electron chi connectivity index (χ0n) is 13.2. The number of nitrogens with one attached hydrogen (secondary N) is 2. The summed E-state index contributed by atoms with van der Waals surface area (Å²) in [5, 5.41) is 8.68. The van der Waals surface area contributed by atoms with Crippen molar-refractivity contribution in [3.63, 3.8) is 0 Å². The number of nitrogens with zero attached hydrogens (tertiary/aromatic N) is 3. The van der Waals surface area contributed by atoms with Gasteiger partial charge < -0.3 is 15.0 Å². The van der Waals surface area contributed by atoms with Gasteiger partial charge in [-0.3, -0.25) is 0 Å². The van der Waals surface area contributed by atoms with Crippen molar-refractivity contribution >= 4 is 62.9 Å². The van der Waals surface area contributed by atoms with Crippen molar-refractivity contribution < 1.29 is 0 Å². The van der Waals surface area contributed by atoms with E-state index in [1.165, 1.54) is 4.88 Å². The molecule has 0 unspecified atom stereocenters. The Labute approximate surface area is 170 Å². The smallest absolute Gasteiger partial charge is 0.191 e. The van der Waals surface area contributed by atoms with E-state index in [-0.39, 0.29) is 24.0 Å². The number of guanidine groups is 1. The van der Waals surface area contributed by atoms with E-state index in [4.69, 9.17) is 0 Å². The highest BCUT2D eigenvalue weighted by atomic mass is 127. The molecule has 0 aliphatic carbocycles. The quantitative estimate of drug-likeness (QED) is 0.304. The number of rotatable bonds is 5. The number of hydrogen-bond donors (Lipinski definition) is 2. The van der Waals surface area contributed by atoms with Crippen molar-refractivity contribution in [3.05, 3.63) is 57.1 Å². The lowest BCUT2D eigenvalue weighted by molar-refractivity contribution is 0.820. The van der Waals surface area contributed by atoms with Crippen molar-refractivity contribution in [1.29, 1.82) is 0 Å². The summed E-state index contributed by atoms with van der Waals surface area (Å²) in [6.45, 7) is 4.21. The van der Waals surface area contributed by atoms with Crippen molar-refractivity contribution in [2.24, 2.45) is 4.99 Å². The Balaban J connectivity index is 0.00000208. The normalized spacial score (nSPS) is 11.3. The summed E-state index contributed by atoms with van der Waals surface area (Å²) in [6, 6.07) is 8.14. The average Bonchev–Trinajstić information content (AvgIpc) is 3.18. The molecule has 5 nitrogen and oxygen atoms in total. The molecule has 0 atom stereocenters. The molecule has 0 fully saturated rings. The third-order valence-electron chi connectivity index (χ3n) is 3.22. The van der Waals surface area contributed by atoms with Crippen LogP contribution < -0.4 is 10.6 Å². The fraction of sp³-hybridized carbons (Fsp3) is 0.250. The van der Waals surface area contributed by atoms with Crippen LogP contribution in [-0.2, 0) is 13.1 Å². The molecule has 0 aliphatic heterocycles. The van der Waals surface area contributed by atoms with Crippen LogP contribution in [-0.4, -0.2) is 21.9 Å². The van der Waals surface area contributed by atoms with Gasteiger partial charge in [-0.2, -0.15) is 0 Å². The maximum Gasteiger partial charge on any atom is 0.191 e. The first-order chi connectivity index (χ1) is 11.2. The molecule has 3 aromatic rings. The minimum Gasteiger partial charge on any atom is -0.357 e. The summed E-state index contributed by atoms with van der Waals surface area (Å²) < 4.78 is 3.03. The van der Waals surface area contributed by atoms with Crippen LogP contribution in [0, 0.1) is 0 Å². The second-order valence-corrected chi connectivity index (χ2v) is 6.92. The highest BCUT2D eigenvalue weighted by Crippen LogP contribution is 2.13. The summed E-state index contributed by atoms with van der Waals surface area (Å²) in [7, 11) is 0. The van der Waals surface area contributed by atoms with E-state index >= 15 is 0 Å². The number of imidazole rings is 1. The Morgan fingerprint density at radius 3 is 2.92 bits per heavy atom. The number of pyridine rings is 1. The molecule has 0 saturated carbocycles. The molecule has 0 saturated heterocycles. The van der Waals surface area contributed by atoms with Crippen LogP contribution in [0.5, 0.6) is 0 Å². The lowest BCUT2D eigenvalue weighted by Gasteiger charge is -2.09. The molecule has 8 heteroatoms. The van der Waals surface area contributed by atoms with Gasteiger partial charge in [-0.15, -0.1) is 35.3 Å². The summed E-state index contributed by atoms with van der Waals surface area (Å²) in [4.78, 5) is 10.5. The lowest BCUT2D eigenvalue weighted by Crippen LogP contribution is -2.36. The third kappa shape index (κ3) is 5.18. The first kappa shape index (κ1) is 19.2. The van der Waals surface area contributed by atoms with E-state index in [1.54, 1.807) is 11.3 Å². The van der Waals surface area contributed by atoms with Crippen molar-refractivity contribution in [1.82, 2.24) is 20.0 Å². The van der Waals surface area contributed by atoms with Crippen LogP contribution in [0.1, 0.15) is 17.5 Å². The van der Waals surface area contributed by atoms with Gasteiger partial charge >= 0.3 is 0 Å². The first-order valence-corrected chi connectivity index (χ1v) is 9.09. The van der Waals surface area contributed by atoms with Gasteiger partial charge in [0.05, 0.1) is 18.8 Å². The third-order valence-corrected chi connectivity index (χ3v) is 4.56. The molecule has 3 rings (SSSR count). The van der Waals surface area contributed by atoms with Gasteiger partial charge in [-0.05, 0) is 46.4 Å². The van der Waals surface area contributed by atoms with Crippen LogP contribution in [0.3, 0.4) is 0 Å². The molecule has 128 valence electrons. The Hall–Kier alpha value is -1.13. The van der Waals surface area contributed by atoms with Gasteiger partial charge in [0, 0.05) is 28.3 Å². The largest absolute Gasteiger partial charge is 0.357 e. The Kier molecular flexibility index (Phi) is 7.50. The molecule has 0 bridgehead atoms. The van der Waals surface area contributed by atoms with Gasteiger partial charge in [-0.25, -0.2) is 9.98 Å². The molecule has 3 heterocycles. The van der Waals surface area contributed by atoms with E-state index in [2.05, 4.69) is 61.0 Å². The highest BCUT2D eigenvalue weighted by molar-refractivity contribution is 14.0. The SMILES string of the molecule is CCNC(=NCc1cn2cc(Br)ccc2n1)NCc1cccs1.I. The summed E-state index contributed by atoms with van der Waals surface area (Å²) in [5.41, 5.74) is 1.87. The molecule has 0 aromatic carbocycles. The van der Waals surface area contributed by atoms with Crippen molar-refractivity contribution in [3.8, 4) is 0 Å². The van der Waals surface area contributed by atoms with E-state index < -0.39 is 0 Å². The van der Waals surface area contributed by atoms with Gasteiger partial charge in [-0.1, -0.05) is 6.07 Å². The second kappa shape index (κ2) is 9.38. The predicted molar refractivity (Wildman–Crippen MR) is 114 cm³/mol. The van der Waals surface area contributed by atoms with Crippen molar-refractivity contribution in [2.45, 2.75) is 20.0 Å². The van der Waals surface area contributed by atoms with Crippen molar-refractivity contribution in [2.75, 3.05) is 6.54 Å². The average molecular weight is 520 g/mol. The van der Waals surface area contributed by atoms with Crippen LogP contribution in [0.15, 0.2) is 51.5 Å². The predicted octanol–water partition coefficient (Wildman–Crippen LogP) is 4.03. The molecule has 2 N–H and O–H groups in total. The summed E-state index contributed by atoms with van der Waals surface area (Å²) >= 11 is 5.20. The molecule has 0 aliphatic rings. The zero-order valence-corrected chi connectivity index (χ0v) is 17.9. The number of aliphatic imine (C=N–C) groups is 1. The minimum atomic E-state index is 0. The van der Waals surface area contributed by atoms with Gasteiger partial charge in [0.15, 0.2) is 5.96 Å². The van der Waals surface area contributed by atoms with Crippen LogP contribution >= 0.6 is 51.2 Å². The number of aromatic nitrogens is 2. The molecular weight excluding hydrogens is 501 g/mol. The summed E-state index contributed by atoms with van der Waals surface area (Å²) in [5.74, 6) is 0.805. The Morgan fingerprint density at radius 1 is 1.29 bits per heavy atom. The van der Waals surface area contributed by atoms with Crippen LogP contribution in [0.4, 0.5) is 0 Å². The van der Waals surface area contributed by atoms with E-state index in [9.17, 15) is 0 Å². The summed E-state index contributed by atoms with van der Waals surface area (Å²) in [6.07, 6.45) is 4.00. The fourth-order valence-corrected chi connectivity index (χ4v) is 3.18. The van der Waals surface area contributed by atoms with E-state index in [0.29, 0.717) is 6.54 Å². The number of thiophene rings is 1. The van der Waals surface area contributed by atoms with Crippen LogP contribution in [0.2, 0.25) is 0 Å². The lowest BCUT2D eigenvalue weighted by atomic mass is 10.4. The fourth-order valence-electron chi connectivity index (χ4n) is 2.18. The molecule has 3 aromatic heterocycles. The van der Waals surface area contributed by atoms with Gasteiger partial charge in [0.1, 0.15) is 5.65 Å². The monoisotopic (exact) mass is 519 g/mol. The number of hydrogen-bond acceptors (Lipinski definition) is 3. The zero-order chi connectivity index (χ0) is 16.1. The molecule has 0 spiro atoms. The van der Waals surface area contributed by atoms with E-state index in [1.807, 2.05) is 28.9 Å². The molecular formula is C16H19BrIN5S. The number of fused-ring (bicyclic) bond motifs is 1. The molecule has 0 radical (unpaired) electrons. The highest BCUT2D eigenvalue weighted by Gasteiger charge is 2.03. The maximum absolute atomic E-state index is 4.61. The topological polar surface area (TPSA) is 53.7 Å². The standard InChI is InChI=1S/C16H18BrN5S.HI/c1-2-18-16(20-9-14-4-3-7-23-14)19-8-13-11-22-10-12(17)5-6-15(22)21-13;/h3-7,10-11H,2,8-9H2,1H3,(H2,18,19,20);1H. The molecule has 0 amide bonds. The minimum absolute atomic E-state index is 0. The van der Waals surface area contributed by atoms with Crippen LogP contribution in [0.25, 0.3) is 5.65 Å². The Morgan fingerprint density at radius 2 is 2.17 bits per heavy atom. The van der Waals surface area contributed by atoms with E-state index in [0.717, 1.165) is 34.9 Å². The van der Waals surface area contributed by atoms with Gasteiger partial charge in [0.25, 0.3) is 0 Å². The Bertz CT molecular complexity index is 800. The first-order valence-electron chi connectivity index (χ1n) is 7.42. The molecule has 24 heavy (non-hydrogen) atoms. The maximum atomic E-state index is 4.61. The van der Waals surface area contributed by atoms with Gasteiger partial charge in [0.2, 0.25) is 0 Å². The second-order valence-electron chi connectivity index (χ2n) is 4.97.